The topological polar surface area (TPSA) is 64.7 Å². The van der Waals surface area contributed by atoms with Crippen molar-refractivity contribution in [3.63, 3.8) is 0 Å². The summed E-state index contributed by atoms with van der Waals surface area (Å²) in [5, 5.41) is 5.48. The zero-order chi connectivity index (χ0) is 16.8. The predicted octanol–water partition coefficient (Wildman–Crippen LogP) is 2.28. The van der Waals surface area contributed by atoms with Crippen LogP contribution in [-0.2, 0) is 4.79 Å². The van der Waals surface area contributed by atoms with Crippen molar-refractivity contribution in [3.05, 3.63) is 24.3 Å². The molecule has 1 aliphatic heterocycles. The predicted molar refractivity (Wildman–Crippen MR) is 92.8 cm³/mol. The Morgan fingerprint density at radius 1 is 1.30 bits per heavy atom. The second-order valence-electron chi connectivity index (χ2n) is 5.92. The van der Waals surface area contributed by atoms with Crippen LogP contribution in [-0.4, -0.2) is 49.6 Å². The van der Waals surface area contributed by atoms with E-state index in [1.54, 1.807) is 18.9 Å². The molecule has 126 valence electrons. The molecule has 2 rings (SSSR count). The fourth-order valence-corrected chi connectivity index (χ4v) is 2.67. The van der Waals surface area contributed by atoms with E-state index in [0.717, 1.165) is 24.5 Å². The Balaban J connectivity index is 1.92. The molecule has 1 fully saturated rings. The first-order valence-corrected chi connectivity index (χ1v) is 8.18. The van der Waals surface area contributed by atoms with E-state index in [1.165, 1.54) is 12.8 Å². The number of likely N-dealkylation sites (N-methyl/N-ethyl adjacent to an activating group) is 1. The summed E-state index contributed by atoms with van der Waals surface area (Å²) in [6.07, 6.45) is 2.42. The number of hydrogen-bond donors (Lipinski definition) is 2. The van der Waals surface area contributed by atoms with E-state index in [1.807, 2.05) is 25.1 Å². The summed E-state index contributed by atoms with van der Waals surface area (Å²) in [4.78, 5) is 27.9. The van der Waals surface area contributed by atoms with Gasteiger partial charge in [-0.25, -0.2) is 4.79 Å². The second-order valence-corrected chi connectivity index (χ2v) is 5.92. The maximum Gasteiger partial charge on any atom is 0.319 e. The smallest absolute Gasteiger partial charge is 0.319 e. The van der Waals surface area contributed by atoms with Crippen LogP contribution in [0.5, 0.6) is 0 Å². The maximum absolute atomic E-state index is 12.1. The van der Waals surface area contributed by atoms with Gasteiger partial charge in [-0.3, -0.25) is 4.79 Å². The molecule has 0 aromatic heterocycles. The molecule has 0 saturated carbocycles. The zero-order valence-electron chi connectivity index (χ0n) is 14.1. The Morgan fingerprint density at radius 2 is 2.00 bits per heavy atom. The molecule has 1 aromatic rings. The minimum Gasteiger partial charge on any atom is -0.371 e. The van der Waals surface area contributed by atoms with Crippen LogP contribution in [0.4, 0.5) is 16.2 Å². The molecule has 2 N–H and O–H groups in total. The molecule has 1 aliphatic rings. The van der Waals surface area contributed by atoms with Crippen molar-refractivity contribution in [3.8, 4) is 0 Å². The highest BCUT2D eigenvalue weighted by molar-refractivity contribution is 5.93. The van der Waals surface area contributed by atoms with Gasteiger partial charge in [0.25, 0.3) is 0 Å². The highest BCUT2D eigenvalue weighted by Gasteiger charge is 2.18. The molecule has 0 radical (unpaired) electrons. The minimum absolute atomic E-state index is 0.103. The van der Waals surface area contributed by atoms with Crippen LogP contribution in [0, 0.1) is 0 Å². The molecule has 0 unspecified atom stereocenters. The van der Waals surface area contributed by atoms with E-state index in [0.29, 0.717) is 6.54 Å². The Hall–Kier alpha value is -2.24. The highest BCUT2D eigenvalue weighted by atomic mass is 16.2. The lowest BCUT2D eigenvalue weighted by Crippen LogP contribution is -2.46. The molecule has 0 spiro atoms. The zero-order valence-corrected chi connectivity index (χ0v) is 14.1. The standard InChI is InChI=1S/C17H26N4O2/c1-4-20(3)16(22)13(2)18-17(23)19-14-8-7-9-15(12-14)21-10-5-6-11-21/h7-9,12-13H,4-6,10-11H2,1-3H3,(H2,18,19,23)/t13-/m1/s1. The lowest BCUT2D eigenvalue weighted by molar-refractivity contribution is -0.131. The first kappa shape index (κ1) is 17.1. The van der Waals surface area contributed by atoms with Crippen LogP contribution >= 0.6 is 0 Å². The molecule has 1 saturated heterocycles. The molecule has 6 heteroatoms. The van der Waals surface area contributed by atoms with Gasteiger partial charge in [0.15, 0.2) is 0 Å². The van der Waals surface area contributed by atoms with Crippen molar-refractivity contribution in [2.75, 3.05) is 36.9 Å². The monoisotopic (exact) mass is 318 g/mol. The Morgan fingerprint density at radius 3 is 2.65 bits per heavy atom. The third-order valence-electron chi connectivity index (χ3n) is 4.14. The van der Waals surface area contributed by atoms with E-state index < -0.39 is 6.04 Å². The van der Waals surface area contributed by atoms with Crippen LogP contribution < -0.4 is 15.5 Å². The van der Waals surface area contributed by atoms with Crippen molar-refractivity contribution in [1.29, 1.82) is 0 Å². The fourth-order valence-electron chi connectivity index (χ4n) is 2.67. The van der Waals surface area contributed by atoms with Crippen LogP contribution in [0.25, 0.3) is 0 Å². The van der Waals surface area contributed by atoms with Crippen molar-refractivity contribution in [2.24, 2.45) is 0 Å². The Bertz CT molecular complexity index is 555. The summed E-state index contributed by atoms with van der Waals surface area (Å²) < 4.78 is 0. The first-order chi connectivity index (χ1) is 11.0. The number of hydrogen-bond acceptors (Lipinski definition) is 3. The quantitative estimate of drug-likeness (QED) is 0.875. The summed E-state index contributed by atoms with van der Waals surface area (Å²) in [5.41, 5.74) is 1.85. The summed E-state index contributed by atoms with van der Waals surface area (Å²) >= 11 is 0. The number of nitrogens with one attached hydrogen (secondary N) is 2. The fraction of sp³-hybridized carbons (Fsp3) is 0.529. The average molecular weight is 318 g/mol. The van der Waals surface area contributed by atoms with Crippen LogP contribution in [0.1, 0.15) is 26.7 Å². The van der Waals surface area contributed by atoms with Gasteiger partial charge < -0.3 is 20.4 Å². The lowest BCUT2D eigenvalue weighted by Gasteiger charge is -2.21. The van der Waals surface area contributed by atoms with Crippen molar-refractivity contribution in [1.82, 2.24) is 10.2 Å². The number of urea groups is 1. The van der Waals surface area contributed by atoms with Gasteiger partial charge in [0.05, 0.1) is 0 Å². The first-order valence-electron chi connectivity index (χ1n) is 8.18. The number of rotatable bonds is 5. The van der Waals surface area contributed by atoms with E-state index >= 15 is 0 Å². The van der Waals surface area contributed by atoms with E-state index in [4.69, 9.17) is 0 Å². The number of carbonyl (C=O) groups excluding carboxylic acids is 2. The lowest BCUT2D eigenvalue weighted by atomic mass is 10.2. The van der Waals surface area contributed by atoms with Gasteiger partial charge in [-0.2, -0.15) is 0 Å². The summed E-state index contributed by atoms with van der Waals surface area (Å²) in [7, 11) is 1.72. The molecule has 0 aliphatic carbocycles. The van der Waals surface area contributed by atoms with Crippen molar-refractivity contribution >= 4 is 23.3 Å². The van der Waals surface area contributed by atoms with E-state index in [-0.39, 0.29) is 11.9 Å². The molecule has 0 bridgehead atoms. The molecule has 6 nitrogen and oxygen atoms in total. The molecular weight excluding hydrogens is 292 g/mol. The van der Waals surface area contributed by atoms with Gasteiger partial charge in [-0.05, 0) is 44.9 Å². The largest absolute Gasteiger partial charge is 0.371 e. The number of amides is 3. The summed E-state index contributed by atoms with van der Waals surface area (Å²) in [5.74, 6) is -0.103. The molecule has 23 heavy (non-hydrogen) atoms. The van der Waals surface area contributed by atoms with Gasteiger partial charge in [-0.15, -0.1) is 0 Å². The average Bonchev–Trinajstić information content (AvgIpc) is 3.07. The van der Waals surface area contributed by atoms with Crippen molar-refractivity contribution < 1.29 is 9.59 Å². The van der Waals surface area contributed by atoms with E-state index in [2.05, 4.69) is 21.6 Å². The molecule has 1 aromatic carbocycles. The van der Waals surface area contributed by atoms with Gasteiger partial charge >= 0.3 is 6.03 Å². The van der Waals surface area contributed by atoms with Gasteiger partial charge in [-0.1, -0.05) is 6.07 Å². The Kier molecular flexibility index (Phi) is 5.84. The third-order valence-corrected chi connectivity index (χ3v) is 4.14. The maximum atomic E-state index is 12.1. The van der Waals surface area contributed by atoms with E-state index in [9.17, 15) is 9.59 Å². The number of benzene rings is 1. The summed E-state index contributed by atoms with van der Waals surface area (Å²) in [6, 6.07) is 6.88. The van der Waals surface area contributed by atoms with Crippen LogP contribution in [0.3, 0.4) is 0 Å². The summed E-state index contributed by atoms with van der Waals surface area (Å²) in [6.45, 7) is 6.32. The SMILES string of the molecule is CCN(C)C(=O)[C@@H](C)NC(=O)Nc1cccc(N2CCCC2)c1. The number of carbonyl (C=O) groups is 2. The third kappa shape index (κ3) is 4.61. The van der Waals surface area contributed by atoms with Gasteiger partial charge in [0.1, 0.15) is 6.04 Å². The molecule has 3 amide bonds. The molecule has 1 atom stereocenters. The van der Waals surface area contributed by atoms with Gasteiger partial charge in [0.2, 0.25) is 5.91 Å². The van der Waals surface area contributed by atoms with Gasteiger partial charge in [0, 0.05) is 38.1 Å². The van der Waals surface area contributed by atoms with Crippen molar-refractivity contribution in [2.45, 2.75) is 32.7 Å². The minimum atomic E-state index is -0.554. The van der Waals surface area contributed by atoms with Crippen LogP contribution in [0.15, 0.2) is 24.3 Å². The molecular formula is C17H26N4O2. The second kappa shape index (κ2) is 7.85. The highest BCUT2D eigenvalue weighted by Crippen LogP contribution is 2.23. The Labute approximate surface area is 137 Å². The molecule has 1 heterocycles. The van der Waals surface area contributed by atoms with Crippen LogP contribution in [0.2, 0.25) is 0 Å². The normalized spacial score (nSPS) is 15.2. The number of nitrogens with zero attached hydrogens (tertiary/aromatic N) is 2. The number of anilines is 2.